The van der Waals surface area contributed by atoms with E-state index in [9.17, 15) is 4.79 Å². The van der Waals surface area contributed by atoms with Gasteiger partial charge in [-0.05, 0) is 23.8 Å². The second-order valence-electron chi connectivity index (χ2n) is 2.38. The Labute approximate surface area is 83.8 Å². The third-order valence-electron chi connectivity index (χ3n) is 1.37. The van der Waals surface area contributed by atoms with Crippen LogP contribution in [0.1, 0.15) is 5.56 Å². The predicted molar refractivity (Wildman–Crippen MR) is 52.1 cm³/mol. The number of halogens is 2. The molecule has 4 heteroatoms. The quantitative estimate of drug-likeness (QED) is 0.856. The van der Waals surface area contributed by atoms with Crippen molar-refractivity contribution in [1.82, 2.24) is 0 Å². The van der Waals surface area contributed by atoms with Gasteiger partial charge in [0.25, 0.3) is 0 Å². The number of benzene rings is 1. The number of rotatable bonds is 2. The molecule has 0 aliphatic rings. The third kappa shape index (κ3) is 2.50. The Bertz CT molecular complexity index is 314. The Hall–Kier alpha value is -0.540. The molecule has 1 aromatic carbocycles. The fourth-order valence-electron chi connectivity index (χ4n) is 0.866. The van der Waals surface area contributed by atoms with Gasteiger partial charge in [-0.1, -0.05) is 27.5 Å². The maximum Gasteiger partial charge on any atom is 0.221 e. The van der Waals surface area contributed by atoms with Gasteiger partial charge in [-0.15, -0.1) is 0 Å². The molecule has 0 atom stereocenters. The maximum absolute atomic E-state index is 10.6. The zero-order valence-corrected chi connectivity index (χ0v) is 8.52. The summed E-state index contributed by atoms with van der Waals surface area (Å²) in [6, 6.07) is 5.26. The summed E-state index contributed by atoms with van der Waals surface area (Å²) in [7, 11) is 0. The minimum Gasteiger partial charge on any atom is -0.369 e. The van der Waals surface area contributed by atoms with Crippen molar-refractivity contribution in [3.05, 3.63) is 33.3 Å². The molecule has 0 aliphatic heterocycles. The van der Waals surface area contributed by atoms with Crippen molar-refractivity contribution in [2.75, 3.05) is 0 Å². The summed E-state index contributed by atoms with van der Waals surface area (Å²) in [4.78, 5) is 10.6. The molecule has 0 bridgehead atoms. The summed E-state index contributed by atoms with van der Waals surface area (Å²) in [6.45, 7) is 0. The number of nitrogens with two attached hydrogens (primary N) is 1. The normalized spacial score (nSPS) is 9.83. The van der Waals surface area contributed by atoms with Crippen molar-refractivity contribution in [2.45, 2.75) is 6.42 Å². The second kappa shape index (κ2) is 3.92. The van der Waals surface area contributed by atoms with Gasteiger partial charge in [0, 0.05) is 9.50 Å². The van der Waals surface area contributed by atoms with E-state index < -0.39 is 0 Å². The van der Waals surface area contributed by atoms with Gasteiger partial charge in [-0.25, -0.2) is 0 Å². The van der Waals surface area contributed by atoms with Gasteiger partial charge >= 0.3 is 0 Å². The van der Waals surface area contributed by atoms with Gasteiger partial charge in [0.2, 0.25) is 5.91 Å². The Kier molecular flexibility index (Phi) is 3.12. The lowest BCUT2D eigenvalue weighted by Gasteiger charge is -2.01. The van der Waals surface area contributed by atoms with Gasteiger partial charge in [0.05, 0.1) is 6.42 Å². The number of carbonyl (C=O) groups is 1. The Balaban J connectivity index is 2.97. The summed E-state index contributed by atoms with van der Waals surface area (Å²) >= 11 is 9.02. The molecule has 2 nitrogen and oxygen atoms in total. The zero-order chi connectivity index (χ0) is 9.14. The SMILES string of the molecule is NC(=O)Cc1cc(Cl)ccc1Br. The van der Waals surface area contributed by atoms with Gasteiger partial charge < -0.3 is 5.73 Å². The van der Waals surface area contributed by atoms with Crippen LogP contribution >= 0.6 is 27.5 Å². The summed E-state index contributed by atoms with van der Waals surface area (Å²) in [5.41, 5.74) is 5.86. The van der Waals surface area contributed by atoms with Crippen molar-refractivity contribution >= 4 is 33.4 Å². The van der Waals surface area contributed by atoms with Crippen LogP contribution < -0.4 is 5.73 Å². The van der Waals surface area contributed by atoms with Gasteiger partial charge in [-0.3, -0.25) is 4.79 Å². The number of hydrogen-bond donors (Lipinski definition) is 1. The molecule has 0 spiro atoms. The molecule has 2 N–H and O–H groups in total. The average molecular weight is 249 g/mol. The van der Waals surface area contributed by atoms with Crippen LogP contribution in [0.3, 0.4) is 0 Å². The fourth-order valence-corrected chi connectivity index (χ4v) is 1.45. The highest BCUT2D eigenvalue weighted by atomic mass is 79.9. The molecule has 0 aliphatic carbocycles. The third-order valence-corrected chi connectivity index (χ3v) is 2.38. The van der Waals surface area contributed by atoms with E-state index in [1.807, 2.05) is 0 Å². The maximum atomic E-state index is 10.6. The molecule has 12 heavy (non-hydrogen) atoms. The molecule has 0 saturated carbocycles. The lowest BCUT2D eigenvalue weighted by Crippen LogP contribution is -2.13. The predicted octanol–water partition coefficient (Wildman–Crippen LogP) is 2.13. The fraction of sp³-hybridized carbons (Fsp3) is 0.125. The van der Waals surface area contributed by atoms with Gasteiger partial charge in [0.15, 0.2) is 0 Å². The van der Waals surface area contributed by atoms with Crippen LogP contribution in [0.2, 0.25) is 5.02 Å². The Morgan fingerprint density at radius 3 is 2.83 bits per heavy atom. The topological polar surface area (TPSA) is 43.1 Å². The van der Waals surface area contributed by atoms with Gasteiger partial charge in [-0.2, -0.15) is 0 Å². The molecule has 0 unspecified atom stereocenters. The first-order valence-electron chi connectivity index (χ1n) is 3.32. The van der Waals surface area contributed by atoms with E-state index in [-0.39, 0.29) is 12.3 Å². The van der Waals surface area contributed by atoms with Crippen molar-refractivity contribution in [2.24, 2.45) is 5.73 Å². The van der Waals surface area contributed by atoms with E-state index in [0.29, 0.717) is 5.02 Å². The number of amides is 1. The minimum absolute atomic E-state index is 0.209. The van der Waals surface area contributed by atoms with E-state index in [2.05, 4.69) is 15.9 Å². The molecular formula is C8H7BrClNO. The minimum atomic E-state index is -0.363. The standard InChI is InChI=1S/C8H7BrClNO/c9-7-2-1-6(10)3-5(7)4-8(11)12/h1-3H,4H2,(H2,11,12). The molecule has 1 aromatic rings. The smallest absolute Gasteiger partial charge is 0.221 e. The Morgan fingerprint density at radius 2 is 2.25 bits per heavy atom. The average Bonchev–Trinajstić information content (AvgIpc) is 1.96. The molecule has 0 fully saturated rings. The highest BCUT2D eigenvalue weighted by Crippen LogP contribution is 2.21. The van der Waals surface area contributed by atoms with Crippen LogP contribution in [0, 0.1) is 0 Å². The highest BCUT2D eigenvalue weighted by Gasteiger charge is 2.03. The Morgan fingerprint density at radius 1 is 1.58 bits per heavy atom. The molecule has 1 amide bonds. The molecule has 64 valence electrons. The van der Waals surface area contributed by atoms with E-state index in [1.165, 1.54) is 0 Å². The van der Waals surface area contributed by atoms with Crippen LogP contribution in [0.25, 0.3) is 0 Å². The lowest BCUT2D eigenvalue weighted by atomic mass is 10.1. The zero-order valence-electron chi connectivity index (χ0n) is 6.18. The van der Waals surface area contributed by atoms with Crippen LogP contribution in [-0.4, -0.2) is 5.91 Å². The van der Waals surface area contributed by atoms with Gasteiger partial charge in [0.1, 0.15) is 0 Å². The van der Waals surface area contributed by atoms with Crippen LogP contribution in [0.5, 0.6) is 0 Å². The van der Waals surface area contributed by atoms with Crippen molar-refractivity contribution < 1.29 is 4.79 Å². The molecule has 0 radical (unpaired) electrons. The second-order valence-corrected chi connectivity index (χ2v) is 3.67. The molecule has 1 rings (SSSR count). The van der Waals surface area contributed by atoms with Crippen molar-refractivity contribution in [3.63, 3.8) is 0 Å². The largest absolute Gasteiger partial charge is 0.369 e. The summed E-state index contributed by atoms with van der Waals surface area (Å²) < 4.78 is 0.853. The molecule has 0 aromatic heterocycles. The molecular weight excluding hydrogens is 241 g/mol. The number of primary amides is 1. The highest BCUT2D eigenvalue weighted by molar-refractivity contribution is 9.10. The first-order valence-corrected chi connectivity index (χ1v) is 4.49. The van der Waals surface area contributed by atoms with Crippen LogP contribution in [-0.2, 0) is 11.2 Å². The van der Waals surface area contributed by atoms with E-state index in [0.717, 1.165) is 10.0 Å². The van der Waals surface area contributed by atoms with Crippen LogP contribution in [0.15, 0.2) is 22.7 Å². The lowest BCUT2D eigenvalue weighted by molar-refractivity contribution is -0.117. The summed E-state index contributed by atoms with van der Waals surface area (Å²) in [5.74, 6) is -0.363. The van der Waals surface area contributed by atoms with Crippen molar-refractivity contribution in [1.29, 1.82) is 0 Å². The van der Waals surface area contributed by atoms with Crippen LogP contribution in [0.4, 0.5) is 0 Å². The van der Waals surface area contributed by atoms with E-state index in [4.69, 9.17) is 17.3 Å². The summed E-state index contributed by atoms with van der Waals surface area (Å²) in [6.07, 6.45) is 0.209. The number of hydrogen-bond acceptors (Lipinski definition) is 1. The molecule has 0 saturated heterocycles. The monoisotopic (exact) mass is 247 g/mol. The van der Waals surface area contributed by atoms with E-state index >= 15 is 0 Å². The molecule has 0 heterocycles. The van der Waals surface area contributed by atoms with Crippen molar-refractivity contribution in [3.8, 4) is 0 Å². The summed E-state index contributed by atoms with van der Waals surface area (Å²) in [5, 5.41) is 0.606. The number of carbonyl (C=O) groups excluding carboxylic acids is 1. The first-order chi connectivity index (χ1) is 5.59. The van der Waals surface area contributed by atoms with E-state index in [1.54, 1.807) is 18.2 Å². The first kappa shape index (κ1) is 9.55.